The third-order valence-corrected chi connectivity index (χ3v) is 11.6. The first-order chi connectivity index (χ1) is 28.0. The fraction of sp³-hybridized carbons (Fsp3) is 0.882. The maximum absolute atomic E-state index is 13.2. The first kappa shape index (κ1) is 55.3. The molecule has 3 N–H and O–H groups in total. The number of hydrogen-bond acceptors (Lipinski definition) is 5. The van der Waals surface area contributed by atoms with Gasteiger partial charge < -0.3 is 20.3 Å². The first-order valence-electron chi connectivity index (χ1n) is 25.1. The van der Waals surface area contributed by atoms with Crippen molar-refractivity contribution in [1.29, 1.82) is 0 Å². The van der Waals surface area contributed by atoms with Crippen molar-refractivity contribution in [2.45, 2.75) is 283 Å². The molecule has 0 heterocycles. The van der Waals surface area contributed by atoms with Crippen LogP contribution in [-0.4, -0.2) is 46.9 Å². The van der Waals surface area contributed by atoms with E-state index in [0.717, 1.165) is 57.8 Å². The molecule has 0 aliphatic carbocycles. The molecule has 0 saturated heterocycles. The van der Waals surface area contributed by atoms with Crippen LogP contribution in [0.1, 0.15) is 265 Å². The van der Waals surface area contributed by atoms with Gasteiger partial charge in [0.2, 0.25) is 5.91 Å². The molecular weight excluding hydrogens is 707 g/mol. The molecule has 0 aromatic heterocycles. The van der Waals surface area contributed by atoms with Gasteiger partial charge in [0, 0.05) is 6.42 Å². The van der Waals surface area contributed by atoms with E-state index in [0.29, 0.717) is 19.3 Å². The molecule has 0 saturated carbocycles. The lowest BCUT2D eigenvalue weighted by Gasteiger charge is -2.24. The number of unbranched alkanes of at least 4 members (excludes halogenated alkanes) is 30. The SMILES string of the molecule is CCCCC/C=C/C=C/CCCCCCCCC(=O)OC(CCCCCCCCCCCCCCC)CC(=O)NC(CO)C(O)CCCCCCCCCCCC. The van der Waals surface area contributed by atoms with Gasteiger partial charge in [-0.2, -0.15) is 0 Å². The number of esters is 1. The molecule has 0 spiro atoms. The summed E-state index contributed by atoms with van der Waals surface area (Å²) >= 11 is 0. The van der Waals surface area contributed by atoms with Crippen LogP contribution in [0.4, 0.5) is 0 Å². The van der Waals surface area contributed by atoms with E-state index < -0.39 is 18.2 Å². The third kappa shape index (κ3) is 40.9. The highest BCUT2D eigenvalue weighted by atomic mass is 16.5. The Kier molecular flexibility index (Phi) is 44.1. The molecule has 0 aromatic rings. The van der Waals surface area contributed by atoms with Crippen LogP contribution in [0.5, 0.6) is 0 Å². The molecule has 3 unspecified atom stereocenters. The molecule has 6 heteroatoms. The van der Waals surface area contributed by atoms with Crippen molar-refractivity contribution in [3.8, 4) is 0 Å². The van der Waals surface area contributed by atoms with Crippen molar-refractivity contribution in [3.63, 3.8) is 0 Å². The van der Waals surface area contributed by atoms with E-state index in [2.05, 4.69) is 50.4 Å². The average molecular weight is 804 g/mol. The van der Waals surface area contributed by atoms with Crippen LogP contribution in [0.2, 0.25) is 0 Å². The molecule has 0 aliphatic heterocycles. The minimum Gasteiger partial charge on any atom is -0.462 e. The van der Waals surface area contributed by atoms with Crippen molar-refractivity contribution in [2.75, 3.05) is 6.61 Å². The van der Waals surface area contributed by atoms with Gasteiger partial charge in [-0.15, -0.1) is 0 Å². The number of allylic oxidation sites excluding steroid dienone is 4. The van der Waals surface area contributed by atoms with E-state index in [9.17, 15) is 19.8 Å². The Labute approximate surface area is 354 Å². The summed E-state index contributed by atoms with van der Waals surface area (Å²) in [5.41, 5.74) is 0. The third-order valence-electron chi connectivity index (χ3n) is 11.6. The highest BCUT2D eigenvalue weighted by Gasteiger charge is 2.24. The summed E-state index contributed by atoms with van der Waals surface area (Å²) in [6, 6.07) is -0.697. The lowest BCUT2D eigenvalue weighted by atomic mass is 10.0. The van der Waals surface area contributed by atoms with E-state index in [1.807, 2.05) is 0 Å². The molecule has 0 aliphatic rings. The van der Waals surface area contributed by atoms with E-state index in [1.54, 1.807) is 0 Å². The fourth-order valence-electron chi connectivity index (χ4n) is 7.72. The van der Waals surface area contributed by atoms with Gasteiger partial charge in [0.15, 0.2) is 0 Å². The van der Waals surface area contributed by atoms with E-state index >= 15 is 0 Å². The van der Waals surface area contributed by atoms with Crippen LogP contribution in [0.15, 0.2) is 24.3 Å². The van der Waals surface area contributed by atoms with Gasteiger partial charge in [0.1, 0.15) is 6.10 Å². The van der Waals surface area contributed by atoms with Crippen LogP contribution < -0.4 is 5.32 Å². The number of hydrogen-bond donors (Lipinski definition) is 3. The van der Waals surface area contributed by atoms with Crippen molar-refractivity contribution in [3.05, 3.63) is 24.3 Å². The van der Waals surface area contributed by atoms with E-state index in [4.69, 9.17) is 4.74 Å². The monoisotopic (exact) mass is 804 g/mol. The maximum atomic E-state index is 13.2. The molecule has 6 nitrogen and oxygen atoms in total. The molecular formula is C51H97NO5. The molecule has 0 aromatic carbocycles. The van der Waals surface area contributed by atoms with Crippen LogP contribution in [-0.2, 0) is 14.3 Å². The lowest BCUT2D eigenvalue weighted by molar-refractivity contribution is -0.151. The number of nitrogens with one attached hydrogen (secondary N) is 1. The van der Waals surface area contributed by atoms with Crippen molar-refractivity contribution in [2.24, 2.45) is 0 Å². The van der Waals surface area contributed by atoms with E-state index in [1.165, 1.54) is 161 Å². The number of carbonyl (C=O) groups is 2. The summed E-state index contributed by atoms with van der Waals surface area (Å²) in [4.78, 5) is 26.1. The van der Waals surface area contributed by atoms with Gasteiger partial charge in [0.05, 0.1) is 25.2 Å². The van der Waals surface area contributed by atoms with E-state index in [-0.39, 0.29) is 24.9 Å². The fourth-order valence-corrected chi connectivity index (χ4v) is 7.72. The highest BCUT2D eigenvalue weighted by molar-refractivity contribution is 5.77. The second kappa shape index (κ2) is 45.4. The minimum atomic E-state index is -0.784. The summed E-state index contributed by atoms with van der Waals surface area (Å²) in [6.45, 7) is 6.45. The Morgan fingerprint density at radius 2 is 0.877 bits per heavy atom. The Morgan fingerprint density at radius 1 is 0.509 bits per heavy atom. The first-order valence-corrected chi connectivity index (χ1v) is 25.1. The van der Waals surface area contributed by atoms with Gasteiger partial charge in [-0.3, -0.25) is 9.59 Å². The summed E-state index contributed by atoms with van der Waals surface area (Å²) < 4.78 is 5.92. The molecule has 57 heavy (non-hydrogen) atoms. The molecule has 0 bridgehead atoms. The number of aliphatic hydroxyl groups excluding tert-OH is 2. The number of rotatable bonds is 45. The van der Waals surface area contributed by atoms with Gasteiger partial charge in [0.25, 0.3) is 0 Å². The quantitative estimate of drug-likeness (QED) is 0.0324. The number of amides is 1. The van der Waals surface area contributed by atoms with Gasteiger partial charge in [-0.25, -0.2) is 0 Å². The molecule has 0 rings (SSSR count). The predicted molar refractivity (Wildman–Crippen MR) is 246 cm³/mol. The van der Waals surface area contributed by atoms with Gasteiger partial charge in [-0.1, -0.05) is 225 Å². The Hall–Kier alpha value is -1.66. The zero-order valence-electron chi connectivity index (χ0n) is 38.2. The summed E-state index contributed by atoms with van der Waals surface area (Å²) in [5, 5.41) is 23.7. The standard InChI is InChI=1S/C51H97NO5/c1-4-7-10-13-16-19-22-24-25-27-29-32-35-38-41-44-51(56)57-47(42-39-36-33-30-28-26-23-20-17-14-11-8-5-2)45-50(55)52-48(46-53)49(54)43-40-37-34-31-21-18-15-12-9-6-3/h16,19,22,24,47-49,53-54H,4-15,17-18,20-21,23,25-46H2,1-3H3,(H,52,55)/b19-16+,24-22+. The summed E-state index contributed by atoms with van der Waals surface area (Å²) in [6.07, 6.45) is 50.9. The number of aliphatic hydroxyl groups is 2. The smallest absolute Gasteiger partial charge is 0.306 e. The largest absolute Gasteiger partial charge is 0.462 e. The van der Waals surface area contributed by atoms with Crippen LogP contribution in [0.25, 0.3) is 0 Å². The molecule has 0 fully saturated rings. The van der Waals surface area contributed by atoms with Gasteiger partial charge in [-0.05, 0) is 51.4 Å². The Morgan fingerprint density at radius 3 is 1.33 bits per heavy atom. The average Bonchev–Trinajstić information content (AvgIpc) is 3.20. The second-order valence-corrected chi connectivity index (χ2v) is 17.3. The molecule has 336 valence electrons. The van der Waals surface area contributed by atoms with Crippen LogP contribution >= 0.6 is 0 Å². The molecule has 1 amide bonds. The van der Waals surface area contributed by atoms with Crippen LogP contribution in [0.3, 0.4) is 0 Å². The Balaban J connectivity index is 4.57. The number of carbonyl (C=O) groups excluding carboxylic acids is 2. The van der Waals surface area contributed by atoms with Gasteiger partial charge >= 0.3 is 5.97 Å². The summed E-state index contributed by atoms with van der Waals surface area (Å²) in [5.74, 6) is -0.475. The topological polar surface area (TPSA) is 95.9 Å². The lowest BCUT2D eigenvalue weighted by Crippen LogP contribution is -2.46. The Bertz CT molecular complexity index is 904. The normalized spacial score (nSPS) is 13.4. The number of ether oxygens (including phenoxy) is 1. The summed E-state index contributed by atoms with van der Waals surface area (Å²) in [7, 11) is 0. The maximum Gasteiger partial charge on any atom is 0.306 e. The highest BCUT2D eigenvalue weighted by Crippen LogP contribution is 2.18. The van der Waals surface area contributed by atoms with Crippen molar-refractivity contribution < 1.29 is 24.5 Å². The van der Waals surface area contributed by atoms with Crippen molar-refractivity contribution >= 4 is 11.9 Å². The zero-order chi connectivity index (χ0) is 41.7. The second-order valence-electron chi connectivity index (χ2n) is 17.3. The van der Waals surface area contributed by atoms with Crippen LogP contribution in [0, 0.1) is 0 Å². The molecule has 3 atom stereocenters. The molecule has 0 radical (unpaired) electrons. The minimum absolute atomic E-state index is 0.0779. The van der Waals surface area contributed by atoms with Crippen molar-refractivity contribution in [1.82, 2.24) is 5.32 Å². The predicted octanol–water partition coefficient (Wildman–Crippen LogP) is 14.7. The zero-order valence-corrected chi connectivity index (χ0v) is 38.2.